The van der Waals surface area contributed by atoms with Gasteiger partial charge in [-0.1, -0.05) is 24.6 Å². The smallest absolute Gasteiger partial charge is 0.263 e. The fraction of sp³-hybridized carbons (Fsp3) is 0.562. The van der Waals surface area contributed by atoms with Crippen LogP contribution in [0.1, 0.15) is 30.9 Å². The van der Waals surface area contributed by atoms with Crippen LogP contribution in [-0.4, -0.2) is 36.5 Å². The Kier molecular flexibility index (Phi) is 4.65. The molecule has 2 N–H and O–H groups in total. The summed E-state index contributed by atoms with van der Waals surface area (Å²) in [5.74, 6) is 0.865. The van der Waals surface area contributed by atoms with Gasteiger partial charge in [-0.3, -0.25) is 4.79 Å². The molecule has 2 atom stereocenters. The Labute approximate surface area is 120 Å². The third kappa shape index (κ3) is 3.31. The molecule has 4 nitrogen and oxygen atoms in total. The van der Waals surface area contributed by atoms with Crippen LogP contribution in [0.2, 0.25) is 0 Å². The first-order valence-electron chi connectivity index (χ1n) is 7.28. The zero-order valence-electron chi connectivity index (χ0n) is 12.6. The number of amides is 1. The van der Waals surface area contributed by atoms with Crippen molar-refractivity contribution < 1.29 is 9.53 Å². The summed E-state index contributed by atoms with van der Waals surface area (Å²) in [7, 11) is 1.81. The molecular formula is C16H24N2O2. The van der Waals surface area contributed by atoms with Gasteiger partial charge in [-0.05, 0) is 31.4 Å². The monoisotopic (exact) mass is 276 g/mol. The van der Waals surface area contributed by atoms with Crippen molar-refractivity contribution in [1.29, 1.82) is 0 Å². The van der Waals surface area contributed by atoms with Gasteiger partial charge in [0, 0.05) is 26.1 Å². The molecule has 1 fully saturated rings. The number of likely N-dealkylation sites (tertiary alicyclic amines) is 1. The van der Waals surface area contributed by atoms with E-state index in [0.29, 0.717) is 0 Å². The van der Waals surface area contributed by atoms with Gasteiger partial charge in [0.1, 0.15) is 5.75 Å². The van der Waals surface area contributed by atoms with E-state index in [1.165, 1.54) is 5.56 Å². The topological polar surface area (TPSA) is 55.6 Å². The molecule has 0 radical (unpaired) electrons. The number of aryl methyl sites for hydroxylation is 1. The molecule has 4 heteroatoms. The summed E-state index contributed by atoms with van der Waals surface area (Å²) in [5.41, 5.74) is 8.34. The molecule has 20 heavy (non-hydrogen) atoms. The summed E-state index contributed by atoms with van der Waals surface area (Å²) >= 11 is 0. The molecule has 1 aromatic carbocycles. The minimum Gasteiger partial charge on any atom is -0.480 e. The van der Waals surface area contributed by atoms with Gasteiger partial charge in [0.15, 0.2) is 6.10 Å². The van der Waals surface area contributed by atoms with Crippen LogP contribution in [0.5, 0.6) is 5.75 Å². The van der Waals surface area contributed by atoms with Crippen LogP contribution in [0.15, 0.2) is 18.2 Å². The lowest BCUT2D eigenvalue weighted by atomic mass is 10.0. The number of benzene rings is 1. The summed E-state index contributed by atoms with van der Waals surface area (Å²) in [6.45, 7) is 4.90. The molecule has 1 aliphatic rings. The Hall–Kier alpha value is -1.55. The van der Waals surface area contributed by atoms with E-state index in [2.05, 4.69) is 19.9 Å². The lowest BCUT2D eigenvalue weighted by Gasteiger charge is -2.18. The molecule has 2 rings (SSSR count). The van der Waals surface area contributed by atoms with Crippen molar-refractivity contribution in [2.24, 2.45) is 5.73 Å². The van der Waals surface area contributed by atoms with Crippen molar-refractivity contribution in [2.45, 2.75) is 45.3 Å². The standard InChI is InChI=1S/C16H24N2O2/c1-4-13(17)10-12-9-11(2)5-6-14(12)20-15-7-8-18(3)16(15)19/h5-6,9,13,15H,4,7-8,10,17H2,1-3H3. The Bertz CT molecular complexity index is 487. The molecule has 110 valence electrons. The fourth-order valence-electron chi connectivity index (χ4n) is 2.46. The molecule has 0 spiro atoms. The average molecular weight is 276 g/mol. The second-order valence-corrected chi connectivity index (χ2v) is 5.64. The lowest BCUT2D eigenvalue weighted by molar-refractivity contribution is -0.132. The SMILES string of the molecule is CCC(N)Cc1cc(C)ccc1OC1CCN(C)C1=O. The molecule has 0 bridgehead atoms. The molecule has 0 saturated carbocycles. The number of hydrogen-bond acceptors (Lipinski definition) is 3. The van der Waals surface area contributed by atoms with Crippen LogP contribution < -0.4 is 10.5 Å². The van der Waals surface area contributed by atoms with Gasteiger partial charge in [-0.15, -0.1) is 0 Å². The number of carbonyl (C=O) groups excluding carboxylic acids is 1. The number of carbonyl (C=O) groups is 1. The van der Waals surface area contributed by atoms with E-state index in [1.54, 1.807) is 4.90 Å². The van der Waals surface area contributed by atoms with Crippen LogP contribution in [0, 0.1) is 6.92 Å². The van der Waals surface area contributed by atoms with Crippen molar-refractivity contribution in [1.82, 2.24) is 4.90 Å². The van der Waals surface area contributed by atoms with Crippen LogP contribution in [0.25, 0.3) is 0 Å². The van der Waals surface area contributed by atoms with Crippen LogP contribution in [0.3, 0.4) is 0 Å². The summed E-state index contributed by atoms with van der Waals surface area (Å²) in [4.78, 5) is 13.7. The van der Waals surface area contributed by atoms with Gasteiger partial charge < -0.3 is 15.4 Å². The highest BCUT2D eigenvalue weighted by Gasteiger charge is 2.31. The number of likely N-dealkylation sites (N-methyl/N-ethyl adjacent to an activating group) is 1. The van der Waals surface area contributed by atoms with Crippen LogP contribution in [0.4, 0.5) is 0 Å². The normalized spacial score (nSPS) is 20.3. The summed E-state index contributed by atoms with van der Waals surface area (Å²) in [6, 6.07) is 6.20. The first-order chi connectivity index (χ1) is 9.51. The Balaban J connectivity index is 2.16. The number of nitrogens with two attached hydrogens (primary N) is 1. The maximum atomic E-state index is 11.9. The van der Waals surface area contributed by atoms with E-state index in [0.717, 1.165) is 37.1 Å². The maximum absolute atomic E-state index is 11.9. The number of hydrogen-bond donors (Lipinski definition) is 1. The molecule has 2 unspecified atom stereocenters. The minimum absolute atomic E-state index is 0.0660. The molecule has 1 aliphatic heterocycles. The van der Waals surface area contributed by atoms with Crippen LogP contribution in [-0.2, 0) is 11.2 Å². The first kappa shape index (κ1) is 14.9. The molecule has 1 amide bonds. The molecule has 0 aromatic heterocycles. The van der Waals surface area contributed by atoms with Gasteiger partial charge in [-0.25, -0.2) is 0 Å². The third-order valence-corrected chi connectivity index (χ3v) is 3.87. The van der Waals surface area contributed by atoms with Gasteiger partial charge in [-0.2, -0.15) is 0 Å². The fourth-order valence-corrected chi connectivity index (χ4v) is 2.46. The van der Waals surface area contributed by atoms with Crippen molar-refractivity contribution in [2.75, 3.05) is 13.6 Å². The lowest BCUT2D eigenvalue weighted by Crippen LogP contribution is -2.30. The van der Waals surface area contributed by atoms with Crippen molar-refractivity contribution >= 4 is 5.91 Å². The maximum Gasteiger partial charge on any atom is 0.263 e. The van der Waals surface area contributed by atoms with E-state index >= 15 is 0 Å². The minimum atomic E-state index is -0.348. The Morgan fingerprint density at radius 2 is 2.25 bits per heavy atom. The molecule has 1 aromatic rings. The van der Waals surface area contributed by atoms with E-state index in [1.807, 2.05) is 19.2 Å². The van der Waals surface area contributed by atoms with E-state index in [-0.39, 0.29) is 18.1 Å². The zero-order chi connectivity index (χ0) is 14.7. The van der Waals surface area contributed by atoms with Gasteiger partial charge in [0.2, 0.25) is 0 Å². The predicted octanol–water partition coefficient (Wildman–Crippen LogP) is 1.88. The quantitative estimate of drug-likeness (QED) is 0.893. The first-order valence-corrected chi connectivity index (χ1v) is 7.28. The Morgan fingerprint density at radius 3 is 2.85 bits per heavy atom. The van der Waals surface area contributed by atoms with Gasteiger partial charge >= 0.3 is 0 Å². The summed E-state index contributed by atoms with van der Waals surface area (Å²) < 4.78 is 5.94. The molecule has 0 aliphatic carbocycles. The molecule has 1 heterocycles. The highest BCUT2D eigenvalue weighted by atomic mass is 16.5. The van der Waals surface area contributed by atoms with Crippen molar-refractivity contribution in [3.05, 3.63) is 29.3 Å². The average Bonchev–Trinajstić information content (AvgIpc) is 2.73. The van der Waals surface area contributed by atoms with Crippen molar-refractivity contribution in [3.8, 4) is 5.75 Å². The zero-order valence-corrected chi connectivity index (χ0v) is 12.6. The summed E-state index contributed by atoms with van der Waals surface area (Å²) in [5, 5.41) is 0. The second-order valence-electron chi connectivity index (χ2n) is 5.64. The van der Waals surface area contributed by atoms with E-state index in [4.69, 9.17) is 10.5 Å². The van der Waals surface area contributed by atoms with Crippen LogP contribution >= 0.6 is 0 Å². The molecule has 1 saturated heterocycles. The summed E-state index contributed by atoms with van der Waals surface area (Å²) in [6.07, 6.45) is 2.12. The molecular weight excluding hydrogens is 252 g/mol. The largest absolute Gasteiger partial charge is 0.480 e. The Morgan fingerprint density at radius 1 is 1.50 bits per heavy atom. The van der Waals surface area contributed by atoms with E-state index < -0.39 is 0 Å². The van der Waals surface area contributed by atoms with Gasteiger partial charge in [0.05, 0.1) is 0 Å². The van der Waals surface area contributed by atoms with Crippen molar-refractivity contribution in [3.63, 3.8) is 0 Å². The number of nitrogens with zero attached hydrogens (tertiary/aromatic N) is 1. The number of ether oxygens (including phenoxy) is 1. The predicted molar refractivity (Wildman–Crippen MR) is 79.8 cm³/mol. The number of rotatable bonds is 5. The van der Waals surface area contributed by atoms with Gasteiger partial charge in [0.25, 0.3) is 5.91 Å². The van der Waals surface area contributed by atoms with E-state index in [9.17, 15) is 4.79 Å². The third-order valence-electron chi connectivity index (χ3n) is 3.87. The highest BCUT2D eigenvalue weighted by Crippen LogP contribution is 2.25. The highest BCUT2D eigenvalue weighted by molar-refractivity contribution is 5.83. The second kappa shape index (κ2) is 6.27.